The molecule has 0 radical (unpaired) electrons. The van der Waals surface area contributed by atoms with Gasteiger partial charge in [0.05, 0.1) is 11.2 Å². The molecular weight excluding hydrogens is 743 g/mol. The van der Waals surface area contributed by atoms with Crippen molar-refractivity contribution in [3.05, 3.63) is 81.7 Å². The summed E-state index contributed by atoms with van der Waals surface area (Å²) in [7, 11) is 4.09. The predicted octanol–water partition coefficient (Wildman–Crippen LogP) is 5.80. The van der Waals surface area contributed by atoms with Crippen molar-refractivity contribution in [1.29, 1.82) is 0 Å². The molecule has 7 rings (SSSR count). The summed E-state index contributed by atoms with van der Waals surface area (Å²) in [5.74, 6) is 0. The molecule has 266 valence electrons. The van der Waals surface area contributed by atoms with Gasteiger partial charge in [0, 0.05) is 105 Å². The van der Waals surface area contributed by atoms with Crippen LogP contribution in [-0.2, 0) is 9.31 Å². The van der Waals surface area contributed by atoms with E-state index in [1.54, 1.807) is 0 Å². The van der Waals surface area contributed by atoms with Crippen molar-refractivity contribution in [1.82, 2.24) is 15.1 Å². The molecule has 4 aliphatic rings. The van der Waals surface area contributed by atoms with Crippen LogP contribution in [0.1, 0.15) is 27.7 Å². The Morgan fingerprint density at radius 3 is 1.20 bits per heavy atom. The van der Waals surface area contributed by atoms with Gasteiger partial charge in [-0.2, -0.15) is 0 Å². The van der Waals surface area contributed by atoms with Crippen LogP contribution in [0.3, 0.4) is 0 Å². The lowest BCUT2D eigenvalue weighted by atomic mass is 9.79. The van der Waals surface area contributed by atoms with Crippen LogP contribution in [0.2, 0.25) is 0 Å². The average molecular weight is 799 g/mol. The minimum atomic E-state index is -0.284. The second kappa shape index (κ2) is 17.4. The minimum Gasteiger partial charge on any atom is -0.399 e. The van der Waals surface area contributed by atoms with E-state index in [1.165, 1.54) is 17.1 Å². The van der Waals surface area contributed by atoms with Crippen molar-refractivity contribution >= 4 is 61.5 Å². The van der Waals surface area contributed by atoms with E-state index >= 15 is 0 Å². The van der Waals surface area contributed by atoms with Crippen molar-refractivity contribution in [3.63, 3.8) is 0 Å². The van der Waals surface area contributed by atoms with Gasteiger partial charge in [-0.1, -0.05) is 44.0 Å². The van der Waals surface area contributed by atoms with Crippen LogP contribution in [0.5, 0.6) is 0 Å². The Morgan fingerprint density at radius 2 is 0.837 bits per heavy atom. The molecular formula is C38H55BBr2N6O2. The summed E-state index contributed by atoms with van der Waals surface area (Å²) in [4.78, 5) is 12.0. The van der Waals surface area contributed by atoms with E-state index in [1.807, 2.05) is 0 Å². The van der Waals surface area contributed by atoms with Gasteiger partial charge < -0.3 is 39.1 Å². The van der Waals surface area contributed by atoms with Crippen LogP contribution < -0.4 is 25.5 Å². The van der Waals surface area contributed by atoms with E-state index in [-0.39, 0.29) is 18.3 Å². The van der Waals surface area contributed by atoms with Gasteiger partial charge in [0.15, 0.2) is 0 Å². The number of nitrogens with zero attached hydrogens (tertiary/aromatic N) is 5. The third kappa shape index (κ3) is 10.7. The highest BCUT2D eigenvalue weighted by Gasteiger charge is 2.51. The second-order valence-corrected chi connectivity index (χ2v) is 16.3. The summed E-state index contributed by atoms with van der Waals surface area (Å²) in [5, 5.41) is 3.34. The fourth-order valence-electron chi connectivity index (χ4n) is 6.18. The van der Waals surface area contributed by atoms with Crippen LogP contribution in [0.25, 0.3) is 0 Å². The number of hydrogen-bond acceptors (Lipinski definition) is 8. The van der Waals surface area contributed by atoms with Crippen molar-refractivity contribution in [2.45, 2.75) is 38.9 Å². The zero-order chi connectivity index (χ0) is 35.0. The number of piperazine rings is 3. The topological polar surface area (TPSA) is 46.7 Å². The molecule has 0 unspecified atom stereocenters. The molecule has 0 spiro atoms. The molecule has 3 aromatic rings. The lowest BCUT2D eigenvalue weighted by molar-refractivity contribution is 0.00578. The van der Waals surface area contributed by atoms with E-state index < -0.39 is 0 Å². The Labute approximate surface area is 312 Å². The summed E-state index contributed by atoms with van der Waals surface area (Å²) in [6.45, 7) is 21.8. The number of rotatable bonds is 4. The quantitative estimate of drug-likeness (QED) is 0.333. The molecule has 49 heavy (non-hydrogen) atoms. The largest absolute Gasteiger partial charge is 0.494 e. The number of nitrogens with one attached hydrogen (secondary N) is 1. The molecule has 4 saturated heterocycles. The first-order chi connectivity index (χ1) is 23.4. The number of likely N-dealkylation sites (N-methyl/N-ethyl adjacent to an activating group) is 2. The zero-order valence-corrected chi connectivity index (χ0v) is 33.5. The molecule has 0 aromatic heterocycles. The van der Waals surface area contributed by atoms with Gasteiger partial charge >= 0.3 is 7.12 Å². The predicted molar refractivity (Wildman–Crippen MR) is 215 cm³/mol. The van der Waals surface area contributed by atoms with Gasteiger partial charge in [-0.15, -0.1) is 0 Å². The van der Waals surface area contributed by atoms with Gasteiger partial charge in [-0.3, -0.25) is 0 Å². The molecule has 3 aromatic carbocycles. The van der Waals surface area contributed by atoms with E-state index in [0.717, 1.165) is 92.9 Å². The maximum atomic E-state index is 6.11. The number of halogens is 2. The second-order valence-electron chi connectivity index (χ2n) is 14.5. The summed E-state index contributed by atoms with van der Waals surface area (Å²) in [6.07, 6.45) is 0. The summed E-state index contributed by atoms with van der Waals surface area (Å²) < 4.78 is 14.5. The van der Waals surface area contributed by atoms with E-state index in [4.69, 9.17) is 9.31 Å². The Balaban J connectivity index is 0.000000151. The monoisotopic (exact) mass is 796 g/mol. The lowest BCUT2D eigenvalue weighted by Gasteiger charge is -2.34. The Kier molecular flexibility index (Phi) is 13.5. The van der Waals surface area contributed by atoms with Gasteiger partial charge in [0.2, 0.25) is 0 Å². The molecule has 11 heteroatoms. The van der Waals surface area contributed by atoms with Crippen molar-refractivity contribution in [2.24, 2.45) is 0 Å². The van der Waals surface area contributed by atoms with Crippen LogP contribution >= 0.6 is 31.9 Å². The first-order valence-corrected chi connectivity index (χ1v) is 19.3. The van der Waals surface area contributed by atoms with Crippen molar-refractivity contribution < 1.29 is 9.31 Å². The molecule has 0 saturated carbocycles. The molecule has 0 aliphatic carbocycles. The van der Waals surface area contributed by atoms with Gasteiger partial charge in [0.25, 0.3) is 0 Å². The summed E-state index contributed by atoms with van der Waals surface area (Å²) in [6, 6.07) is 25.7. The van der Waals surface area contributed by atoms with Crippen molar-refractivity contribution in [3.8, 4) is 0 Å². The first kappa shape index (κ1) is 38.1. The Hall–Kier alpha value is -2.12. The van der Waals surface area contributed by atoms with E-state index in [0.29, 0.717) is 0 Å². The fraction of sp³-hybridized carbons (Fsp3) is 0.526. The SMILES string of the molecule is Brc1ccc(N2CCNCC2)cc1.CN1CCN(c2ccc(B3OC(C)(C)C(C)(C)O3)cc2)CC1.CN1CCN(c2ccc(Br)cc2)CC1. The summed E-state index contributed by atoms with van der Waals surface area (Å²) >= 11 is 6.89. The Bertz CT molecular complexity index is 1410. The van der Waals surface area contributed by atoms with Gasteiger partial charge in [-0.25, -0.2) is 0 Å². The van der Waals surface area contributed by atoms with E-state index in [2.05, 4.69) is 176 Å². The maximum absolute atomic E-state index is 6.11. The maximum Gasteiger partial charge on any atom is 0.494 e. The van der Waals surface area contributed by atoms with Crippen molar-refractivity contribution in [2.75, 3.05) is 107 Å². The minimum absolute atomic E-state index is 0.272. The standard InChI is InChI=1S/C17H27BN2O2.C11H15BrN2.C10H13BrN2/c1-16(2)17(3,4)22-18(21-16)14-6-8-15(9-7-14)20-12-10-19(5)11-13-20;1-13-6-8-14(9-7-13)11-4-2-10(12)3-5-11;11-9-1-3-10(4-2-9)13-7-5-12-6-8-13/h6-9H,10-13H2,1-5H3;2-5H,6-9H2,1H3;1-4,12H,5-8H2. The summed E-state index contributed by atoms with van der Waals surface area (Å²) in [5.41, 5.74) is 4.47. The molecule has 0 atom stereocenters. The fourth-order valence-corrected chi connectivity index (χ4v) is 6.71. The number of anilines is 3. The van der Waals surface area contributed by atoms with Crippen LogP contribution in [0.4, 0.5) is 17.1 Å². The molecule has 1 N–H and O–H groups in total. The third-order valence-corrected chi connectivity index (χ3v) is 11.3. The van der Waals surface area contributed by atoms with Gasteiger partial charge in [0.1, 0.15) is 0 Å². The highest BCUT2D eigenvalue weighted by molar-refractivity contribution is 9.10. The normalized spacial score (nSPS) is 21.1. The average Bonchev–Trinajstić information content (AvgIpc) is 3.33. The first-order valence-electron chi connectivity index (χ1n) is 17.7. The van der Waals surface area contributed by atoms with E-state index in [9.17, 15) is 0 Å². The number of benzene rings is 3. The highest BCUT2D eigenvalue weighted by atomic mass is 79.9. The molecule has 4 aliphatic heterocycles. The molecule has 0 amide bonds. The van der Waals surface area contributed by atoms with Crippen LogP contribution in [0.15, 0.2) is 81.7 Å². The lowest BCUT2D eigenvalue weighted by Crippen LogP contribution is -2.44. The number of hydrogen-bond donors (Lipinski definition) is 1. The molecule has 8 nitrogen and oxygen atoms in total. The molecule has 0 bridgehead atoms. The highest BCUT2D eigenvalue weighted by Crippen LogP contribution is 2.36. The Morgan fingerprint density at radius 1 is 0.510 bits per heavy atom. The van der Waals surface area contributed by atoms with Gasteiger partial charge in [-0.05, 0) is 108 Å². The molecule has 4 fully saturated rings. The van der Waals surface area contributed by atoms with Crippen LogP contribution in [-0.4, -0.2) is 121 Å². The molecule has 4 heterocycles. The zero-order valence-electron chi connectivity index (χ0n) is 30.3. The smallest absolute Gasteiger partial charge is 0.399 e. The van der Waals surface area contributed by atoms with Crippen LogP contribution in [0, 0.1) is 0 Å². The third-order valence-electron chi connectivity index (χ3n) is 10.3.